The molecule has 1 atom stereocenters. The molecule has 0 fully saturated rings. The van der Waals surface area contributed by atoms with Crippen LogP contribution in [-0.4, -0.2) is 45.1 Å². The summed E-state index contributed by atoms with van der Waals surface area (Å²) in [5.41, 5.74) is 0.0976. The number of aliphatic hydroxyl groups excluding tert-OH is 1. The van der Waals surface area contributed by atoms with Crippen LogP contribution >= 0.6 is 0 Å². The summed E-state index contributed by atoms with van der Waals surface area (Å²) in [4.78, 5) is 23.3. The molecule has 94 valence electrons. The van der Waals surface area contributed by atoms with Crippen molar-refractivity contribution >= 4 is 11.6 Å². The van der Waals surface area contributed by atoms with Crippen LogP contribution in [0.25, 0.3) is 0 Å². The molecule has 0 aliphatic carbocycles. The molecule has 1 aromatic heterocycles. The van der Waals surface area contributed by atoms with Gasteiger partial charge in [-0.3, -0.25) is 14.9 Å². The number of likely N-dealkylation sites (N-methyl/N-ethyl adjacent to an activating group) is 1. The lowest BCUT2D eigenvalue weighted by molar-refractivity contribution is -0.384. The van der Waals surface area contributed by atoms with Gasteiger partial charge in [-0.2, -0.15) is 0 Å². The van der Waals surface area contributed by atoms with E-state index in [4.69, 9.17) is 5.11 Å². The maximum atomic E-state index is 12.0. The van der Waals surface area contributed by atoms with Crippen LogP contribution in [0.3, 0.4) is 0 Å². The smallest absolute Gasteiger partial charge is 0.287 e. The summed E-state index contributed by atoms with van der Waals surface area (Å²) < 4.78 is 1.40. The molecule has 0 aromatic carbocycles. The van der Waals surface area contributed by atoms with E-state index in [0.717, 1.165) is 0 Å². The zero-order valence-corrected chi connectivity index (χ0v) is 9.95. The van der Waals surface area contributed by atoms with Crippen LogP contribution in [0.1, 0.15) is 17.4 Å². The number of amides is 1. The van der Waals surface area contributed by atoms with E-state index in [-0.39, 0.29) is 29.9 Å². The highest BCUT2D eigenvalue weighted by Gasteiger charge is 2.22. The number of hydrogen-bond donors (Lipinski definition) is 1. The second-order valence-electron chi connectivity index (χ2n) is 3.90. The fraction of sp³-hybridized carbons (Fsp3) is 0.500. The maximum Gasteiger partial charge on any atom is 0.287 e. The first-order valence-corrected chi connectivity index (χ1v) is 5.07. The molecule has 7 nitrogen and oxygen atoms in total. The van der Waals surface area contributed by atoms with Gasteiger partial charge in [-0.1, -0.05) is 0 Å². The molecule has 0 spiro atoms. The van der Waals surface area contributed by atoms with E-state index in [2.05, 4.69) is 0 Å². The van der Waals surface area contributed by atoms with Gasteiger partial charge in [0.25, 0.3) is 11.6 Å². The third kappa shape index (κ3) is 2.62. The number of aromatic nitrogens is 1. The molecule has 0 bridgehead atoms. The second-order valence-corrected chi connectivity index (χ2v) is 3.90. The molecule has 1 unspecified atom stereocenters. The lowest BCUT2D eigenvalue weighted by Crippen LogP contribution is -2.38. The van der Waals surface area contributed by atoms with E-state index in [1.807, 2.05) is 0 Å². The minimum atomic E-state index is -0.549. The fourth-order valence-corrected chi connectivity index (χ4v) is 1.36. The van der Waals surface area contributed by atoms with Crippen molar-refractivity contribution in [3.8, 4) is 0 Å². The Labute approximate surface area is 98.4 Å². The highest BCUT2D eigenvalue weighted by atomic mass is 16.6. The van der Waals surface area contributed by atoms with Crippen molar-refractivity contribution in [1.82, 2.24) is 9.47 Å². The summed E-state index contributed by atoms with van der Waals surface area (Å²) in [6.45, 7) is 1.53. The summed E-state index contributed by atoms with van der Waals surface area (Å²) in [6.07, 6.45) is 1.28. The number of nitrogens with zero attached hydrogens (tertiary/aromatic N) is 3. The minimum Gasteiger partial charge on any atom is -0.394 e. The molecule has 7 heteroatoms. The number of aliphatic hydroxyl groups is 1. The average Bonchev–Trinajstić information content (AvgIpc) is 2.68. The van der Waals surface area contributed by atoms with Crippen molar-refractivity contribution in [2.24, 2.45) is 7.05 Å². The van der Waals surface area contributed by atoms with Gasteiger partial charge in [0.2, 0.25) is 0 Å². The molecule has 0 aliphatic heterocycles. The van der Waals surface area contributed by atoms with E-state index in [1.54, 1.807) is 21.0 Å². The van der Waals surface area contributed by atoms with Crippen LogP contribution in [0.4, 0.5) is 5.69 Å². The van der Waals surface area contributed by atoms with Crippen molar-refractivity contribution < 1.29 is 14.8 Å². The van der Waals surface area contributed by atoms with E-state index >= 15 is 0 Å². The molecule has 0 saturated carbocycles. The van der Waals surface area contributed by atoms with Crippen LogP contribution in [0.2, 0.25) is 0 Å². The summed E-state index contributed by atoms with van der Waals surface area (Å²) in [7, 11) is 3.11. The Hall–Kier alpha value is -1.89. The number of aryl methyl sites for hydroxylation is 1. The first-order chi connectivity index (χ1) is 7.88. The van der Waals surface area contributed by atoms with Gasteiger partial charge < -0.3 is 14.6 Å². The van der Waals surface area contributed by atoms with Gasteiger partial charge in [0.1, 0.15) is 5.69 Å². The summed E-state index contributed by atoms with van der Waals surface area (Å²) in [6, 6.07) is 0.889. The van der Waals surface area contributed by atoms with Gasteiger partial charge in [0, 0.05) is 20.2 Å². The van der Waals surface area contributed by atoms with Crippen molar-refractivity contribution in [2.45, 2.75) is 13.0 Å². The van der Waals surface area contributed by atoms with Gasteiger partial charge >= 0.3 is 0 Å². The average molecular weight is 241 g/mol. The van der Waals surface area contributed by atoms with Gasteiger partial charge in [-0.25, -0.2) is 0 Å². The lowest BCUT2D eigenvalue weighted by Gasteiger charge is -2.23. The minimum absolute atomic E-state index is 0.124. The Balaban J connectivity index is 3.00. The molecule has 0 radical (unpaired) electrons. The van der Waals surface area contributed by atoms with Gasteiger partial charge in [0.05, 0.1) is 23.8 Å². The Morgan fingerprint density at radius 1 is 1.71 bits per heavy atom. The Morgan fingerprint density at radius 2 is 2.29 bits per heavy atom. The van der Waals surface area contributed by atoms with E-state index in [0.29, 0.717) is 0 Å². The lowest BCUT2D eigenvalue weighted by atomic mass is 10.3. The molecule has 0 saturated heterocycles. The zero-order valence-electron chi connectivity index (χ0n) is 9.95. The highest BCUT2D eigenvalue weighted by Crippen LogP contribution is 2.17. The third-order valence-corrected chi connectivity index (χ3v) is 2.67. The maximum absolute atomic E-state index is 12.0. The first-order valence-electron chi connectivity index (χ1n) is 5.07. The van der Waals surface area contributed by atoms with Crippen molar-refractivity contribution in [2.75, 3.05) is 13.7 Å². The topological polar surface area (TPSA) is 88.6 Å². The normalized spacial score (nSPS) is 12.2. The summed E-state index contributed by atoms with van der Waals surface area (Å²) in [5, 5.41) is 19.5. The number of hydrogen-bond acceptors (Lipinski definition) is 4. The quantitative estimate of drug-likeness (QED) is 0.610. The van der Waals surface area contributed by atoms with Gasteiger partial charge in [0.15, 0.2) is 0 Å². The van der Waals surface area contributed by atoms with Crippen molar-refractivity contribution in [3.63, 3.8) is 0 Å². The van der Waals surface area contributed by atoms with Crippen LogP contribution in [0.5, 0.6) is 0 Å². The summed E-state index contributed by atoms with van der Waals surface area (Å²) >= 11 is 0. The van der Waals surface area contributed by atoms with Crippen LogP contribution < -0.4 is 0 Å². The molecule has 1 aromatic rings. The first kappa shape index (κ1) is 13.2. The standard InChI is InChI=1S/C10H15N3O4/c1-7(6-14)12(3)10(15)9-4-8(13(16)17)5-11(9)2/h4-5,7,14H,6H2,1-3H3. The van der Waals surface area contributed by atoms with E-state index < -0.39 is 4.92 Å². The fourth-order valence-electron chi connectivity index (χ4n) is 1.36. The highest BCUT2D eigenvalue weighted by molar-refractivity contribution is 5.93. The molecule has 0 aliphatic rings. The number of carbonyl (C=O) groups is 1. The molecule has 1 N–H and O–H groups in total. The number of nitro groups is 1. The summed E-state index contributed by atoms with van der Waals surface area (Å²) in [5.74, 6) is -0.359. The molecule has 1 rings (SSSR count). The molecular weight excluding hydrogens is 226 g/mol. The Kier molecular flexibility index (Phi) is 3.84. The zero-order chi connectivity index (χ0) is 13.2. The number of rotatable bonds is 4. The Morgan fingerprint density at radius 3 is 2.71 bits per heavy atom. The van der Waals surface area contributed by atoms with Crippen LogP contribution in [0, 0.1) is 10.1 Å². The van der Waals surface area contributed by atoms with Crippen molar-refractivity contribution in [3.05, 3.63) is 28.1 Å². The Bertz CT molecular complexity index is 441. The molecule has 1 amide bonds. The van der Waals surface area contributed by atoms with Crippen molar-refractivity contribution in [1.29, 1.82) is 0 Å². The van der Waals surface area contributed by atoms with Crippen LogP contribution in [0.15, 0.2) is 12.3 Å². The second kappa shape index (κ2) is 4.96. The number of carbonyl (C=O) groups excluding carboxylic acids is 1. The van der Waals surface area contributed by atoms with E-state index in [9.17, 15) is 14.9 Å². The molecule has 17 heavy (non-hydrogen) atoms. The third-order valence-electron chi connectivity index (χ3n) is 2.67. The predicted octanol–water partition coefficient (Wildman–Crippen LogP) is 0.386. The van der Waals surface area contributed by atoms with E-state index in [1.165, 1.54) is 21.7 Å². The molecular formula is C10H15N3O4. The van der Waals surface area contributed by atoms with Gasteiger partial charge in [-0.15, -0.1) is 0 Å². The monoisotopic (exact) mass is 241 g/mol. The SMILES string of the molecule is CC(CO)N(C)C(=O)c1cc([N+](=O)[O-])cn1C. The predicted molar refractivity (Wildman–Crippen MR) is 60.7 cm³/mol. The molecule has 1 heterocycles. The largest absolute Gasteiger partial charge is 0.394 e. The van der Waals surface area contributed by atoms with Gasteiger partial charge in [-0.05, 0) is 6.92 Å². The van der Waals surface area contributed by atoms with Crippen LogP contribution in [-0.2, 0) is 7.05 Å².